The van der Waals surface area contributed by atoms with Crippen molar-refractivity contribution in [1.82, 2.24) is 4.90 Å². The Morgan fingerprint density at radius 2 is 2.08 bits per heavy atom. The fourth-order valence-corrected chi connectivity index (χ4v) is 2.94. The second kappa shape index (κ2) is 8.68. The maximum Gasteiger partial charge on any atom is 0.309 e. The Labute approximate surface area is 142 Å². The van der Waals surface area contributed by atoms with E-state index in [4.69, 9.17) is 4.74 Å². The van der Waals surface area contributed by atoms with E-state index >= 15 is 0 Å². The van der Waals surface area contributed by atoms with Gasteiger partial charge in [-0.25, -0.2) is 0 Å². The van der Waals surface area contributed by atoms with Crippen molar-refractivity contribution in [2.45, 2.75) is 39.3 Å². The number of piperidine rings is 1. The monoisotopic (exact) mass is 334 g/mol. The average molecular weight is 334 g/mol. The number of rotatable bonds is 6. The molecule has 1 aliphatic heterocycles. The van der Waals surface area contributed by atoms with Crippen LogP contribution in [0.1, 0.15) is 32.3 Å². The number of benzene rings is 1. The second-order valence-corrected chi connectivity index (χ2v) is 6.08. The molecule has 2 N–H and O–H groups in total. The molecule has 0 aliphatic carbocycles. The van der Waals surface area contributed by atoms with Crippen LogP contribution in [0.2, 0.25) is 0 Å². The van der Waals surface area contributed by atoms with Crippen molar-refractivity contribution in [2.75, 3.05) is 25.0 Å². The van der Waals surface area contributed by atoms with Gasteiger partial charge in [0, 0.05) is 18.8 Å². The van der Waals surface area contributed by atoms with Crippen molar-refractivity contribution in [3.05, 3.63) is 29.8 Å². The lowest BCUT2D eigenvalue weighted by Crippen LogP contribution is -2.46. The molecule has 1 atom stereocenters. The Bertz CT molecular complexity index is 568. The number of ether oxygens (including phenoxy) is 1. The summed E-state index contributed by atoms with van der Waals surface area (Å²) in [7, 11) is 0. The molecule has 0 bridgehead atoms. The number of esters is 1. The minimum absolute atomic E-state index is 0.0201. The van der Waals surface area contributed by atoms with Gasteiger partial charge in [-0.15, -0.1) is 0 Å². The summed E-state index contributed by atoms with van der Waals surface area (Å²) in [6.07, 6.45) is 1.30. The van der Waals surface area contributed by atoms with E-state index in [2.05, 4.69) is 5.32 Å². The first kappa shape index (κ1) is 18.3. The lowest BCUT2D eigenvalue weighted by molar-refractivity contribution is -0.151. The molecule has 1 fully saturated rings. The first-order valence-corrected chi connectivity index (χ1v) is 8.47. The van der Waals surface area contributed by atoms with Gasteiger partial charge in [0.1, 0.15) is 6.04 Å². The number of aliphatic hydroxyl groups is 1. The van der Waals surface area contributed by atoms with Crippen LogP contribution >= 0.6 is 0 Å². The summed E-state index contributed by atoms with van der Waals surface area (Å²) >= 11 is 0. The minimum Gasteiger partial charge on any atom is -0.466 e. The van der Waals surface area contributed by atoms with Crippen LogP contribution in [0.15, 0.2) is 24.3 Å². The summed E-state index contributed by atoms with van der Waals surface area (Å²) in [5, 5.41) is 12.4. The number of hydrogen-bond donors (Lipinski definition) is 2. The van der Waals surface area contributed by atoms with Gasteiger partial charge in [0.15, 0.2) is 0 Å². The maximum atomic E-state index is 12.6. The van der Waals surface area contributed by atoms with Gasteiger partial charge in [-0.2, -0.15) is 0 Å². The summed E-state index contributed by atoms with van der Waals surface area (Å²) in [6.45, 7) is 5.14. The third-order valence-corrected chi connectivity index (χ3v) is 4.29. The van der Waals surface area contributed by atoms with Crippen LogP contribution in [0.4, 0.5) is 5.69 Å². The fourth-order valence-electron chi connectivity index (χ4n) is 2.94. The van der Waals surface area contributed by atoms with Gasteiger partial charge < -0.3 is 20.1 Å². The molecule has 6 heteroatoms. The molecule has 1 saturated heterocycles. The van der Waals surface area contributed by atoms with Crippen LogP contribution in [0.5, 0.6) is 0 Å². The Morgan fingerprint density at radius 3 is 2.71 bits per heavy atom. The van der Waals surface area contributed by atoms with Crippen LogP contribution < -0.4 is 5.32 Å². The second-order valence-electron chi connectivity index (χ2n) is 6.08. The first-order valence-electron chi connectivity index (χ1n) is 8.47. The molecule has 0 radical (unpaired) electrons. The number of hydrogen-bond acceptors (Lipinski definition) is 5. The average Bonchev–Trinajstić information content (AvgIpc) is 2.61. The third kappa shape index (κ3) is 4.71. The van der Waals surface area contributed by atoms with E-state index in [0.29, 0.717) is 32.5 Å². The number of nitrogens with one attached hydrogen (secondary N) is 1. The highest BCUT2D eigenvalue weighted by Gasteiger charge is 2.29. The summed E-state index contributed by atoms with van der Waals surface area (Å²) in [6, 6.07) is 7.01. The van der Waals surface area contributed by atoms with Crippen LogP contribution in [-0.4, -0.2) is 47.6 Å². The Morgan fingerprint density at radius 1 is 1.38 bits per heavy atom. The third-order valence-electron chi connectivity index (χ3n) is 4.29. The fraction of sp³-hybridized carbons (Fsp3) is 0.556. The van der Waals surface area contributed by atoms with Crippen molar-refractivity contribution < 1.29 is 19.4 Å². The Balaban J connectivity index is 1.86. The summed E-state index contributed by atoms with van der Waals surface area (Å²) in [4.78, 5) is 26.1. The molecular formula is C18H26N2O4. The number of likely N-dealkylation sites (tertiary alicyclic amines) is 1. The number of anilines is 1. The van der Waals surface area contributed by atoms with E-state index in [0.717, 1.165) is 11.3 Å². The van der Waals surface area contributed by atoms with Crippen LogP contribution in [0.25, 0.3) is 0 Å². The number of aliphatic hydroxyl groups excluding tert-OH is 1. The number of amides is 1. The largest absolute Gasteiger partial charge is 0.466 e. The normalized spacial score (nSPS) is 16.5. The highest BCUT2D eigenvalue weighted by atomic mass is 16.5. The predicted molar refractivity (Wildman–Crippen MR) is 91.4 cm³/mol. The Hall–Kier alpha value is -2.08. The van der Waals surface area contributed by atoms with Gasteiger partial charge in [-0.05, 0) is 44.4 Å². The molecule has 1 heterocycles. The zero-order valence-electron chi connectivity index (χ0n) is 14.3. The SMILES string of the molecule is CCOC(=O)C1CCN(C(=O)C(C)Nc2cccc(CO)c2)CC1. The van der Waals surface area contributed by atoms with Gasteiger partial charge in [0.2, 0.25) is 5.91 Å². The van der Waals surface area contributed by atoms with Crippen LogP contribution in [0.3, 0.4) is 0 Å². The zero-order chi connectivity index (χ0) is 17.5. The number of nitrogens with zero attached hydrogens (tertiary/aromatic N) is 1. The summed E-state index contributed by atoms with van der Waals surface area (Å²) in [5.41, 5.74) is 1.61. The molecule has 0 spiro atoms. The molecule has 1 unspecified atom stereocenters. The van der Waals surface area contributed by atoms with E-state index in [1.807, 2.05) is 31.2 Å². The van der Waals surface area contributed by atoms with Crippen LogP contribution in [-0.2, 0) is 20.9 Å². The zero-order valence-corrected chi connectivity index (χ0v) is 14.3. The van der Waals surface area contributed by atoms with Crippen LogP contribution in [0, 0.1) is 5.92 Å². The van der Waals surface area contributed by atoms with E-state index < -0.39 is 0 Å². The molecule has 0 saturated carbocycles. The number of carbonyl (C=O) groups excluding carboxylic acids is 2. The Kier molecular flexibility index (Phi) is 6.61. The summed E-state index contributed by atoms with van der Waals surface area (Å²) in [5.74, 6) is -0.234. The highest BCUT2D eigenvalue weighted by molar-refractivity contribution is 5.84. The van der Waals surface area contributed by atoms with Gasteiger partial charge >= 0.3 is 5.97 Å². The van der Waals surface area contributed by atoms with Gasteiger partial charge in [0.25, 0.3) is 0 Å². The molecule has 2 rings (SSSR count). The molecule has 132 valence electrons. The van der Waals surface area contributed by atoms with Crippen molar-refractivity contribution in [1.29, 1.82) is 0 Å². The van der Waals surface area contributed by atoms with Crippen molar-refractivity contribution in [2.24, 2.45) is 5.92 Å². The van der Waals surface area contributed by atoms with E-state index in [1.165, 1.54) is 0 Å². The molecular weight excluding hydrogens is 308 g/mol. The van der Waals surface area contributed by atoms with Gasteiger partial charge in [-0.1, -0.05) is 12.1 Å². The lowest BCUT2D eigenvalue weighted by Gasteiger charge is -2.33. The predicted octanol–water partition coefficient (Wildman–Crippen LogP) is 1.78. The minimum atomic E-state index is -0.363. The lowest BCUT2D eigenvalue weighted by atomic mass is 9.96. The van der Waals surface area contributed by atoms with Crippen molar-refractivity contribution >= 4 is 17.6 Å². The van der Waals surface area contributed by atoms with Gasteiger partial charge in [-0.3, -0.25) is 9.59 Å². The first-order chi connectivity index (χ1) is 11.5. The highest BCUT2D eigenvalue weighted by Crippen LogP contribution is 2.20. The maximum absolute atomic E-state index is 12.6. The summed E-state index contributed by atoms with van der Waals surface area (Å²) < 4.78 is 5.05. The van der Waals surface area contributed by atoms with E-state index in [-0.39, 0.29) is 30.4 Å². The molecule has 0 aromatic heterocycles. The van der Waals surface area contributed by atoms with Crippen molar-refractivity contribution in [3.63, 3.8) is 0 Å². The number of carbonyl (C=O) groups is 2. The van der Waals surface area contributed by atoms with E-state index in [9.17, 15) is 14.7 Å². The topological polar surface area (TPSA) is 78.9 Å². The molecule has 1 aromatic rings. The van der Waals surface area contributed by atoms with E-state index in [1.54, 1.807) is 11.8 Å². The molecule has 6 nitrogen and oxygen atoms in total. The molecule has 24 heavy (non-hydrogen) atoms. The molecule has 1 aromatic carbocycles. The standard InChI is InChI=1S/C18H26N2O4/c1-3-24-18(23)15-7-9-20(10-8-15)17(22)13(2)19-16-6-4-5-14(11-16)12-21/h4-6,11,13,15,19,21H,3,7-10,12H2,1-2H3. The molecule has 1 amide bonds. The quantitative estimate of drug-likeness (QED) is 0.775. The van der Waals surface area contributed by atoms with Gasteiger partial charge in [0.05, 0.1) is 19.1 Å². The molecule has 1 aliphatic rings. The smallest absolute Gasteiger partial charge is 0.309 e. The van der Waals surface area contributed by atoms with Crippen molar-refractivity contribution in [3.8, 4) is 0 Å².